The van der Waals surface area contributed by atoms with Crippen molar-refractivity contribution >= 4 is 11.8 Å². The van der Waals surface area contributed by atoms with E-state index in [1.807, 2.05) is 13.8 Å². The number of rotatable bonds is 6. The minimum absolute atomic E-state index is 0.137. The van der Waals surface area contributed by atoms with Crippen LogP contribution in [0.2, 0.25) is 0 Å². The van der Waals surface area contributed by atoms with Crippen LogP contribution in [0.3, 0.4) is 0 Å². The number of hydrogen-bond donors (Lipinski definition) is 3. The van der Waals surface area contributed by atoms with Crippen molar-refractivity contribution < 1.29 is 34.4 Å². The maximum absolute atomic E-state index is 13.8. The van der Waals surface area contributed by atoms with Gasteiger partial charge in [0.15, 0.2) is 11.4 Å². The molecule has 4 fully saturated rings. The summed E-state index contributed by atoms with van der Waals surface area (Å²) in [7, 11) is 2.10. The van der Waals surface area contributed by atoms with Crippen LogP contribution >= 0.6 is 0 Å². The Hall–Kier alpha value is -1.36. The van der Waals surface area contributed by atoms with E-state index in [4.69, 9.17) is 9.47 Å². The Bertz CT molecular complexity index is 949. The highest BCUT2D eigenvalue weighted by atomic mass is 16.6. The summed E-state index contributed by atoms with van der Waals surface area (Å²) >= 11 is 0. The standard InChI is InChI=1S/C29H48N2O7/c1-8-26(4)18-20(33)29(36)27(5)19(32)11-12-25(2,3)23(27)22(24(35)28(29,6)38-26)37-21(34)10-9-13-31-16-14-30(7)15-17-31/h8,19,22-24,32,35-36H,1,9-18H2,2-7H3/t19-,22-,23-,24-,26+,27-,28+,29-/m1/s1. The van der Waals surface area contributed by atoms with Gasteiger partial charge in [-0.05, 0) is 52.1 Å². The quantitative estimate of drug-likeness (QED) is 0.343. The van der Waals surface area contributed by atoms with Gasteiger partial charge in [-0.2, -0.15) is 0 Å². The Labute approximate surface area is 227 Å². The van der Waals surface area contributed by atoms with Gasteiger partial charge in [-0.3, -0.25) is 9.59 Å². The normalized spacial score (nSPS) is 45.7. The van der Waals surface area contributed by atoms with Crippen molar-refractivity contribution in [2.24, 2.45) is 16.7 Å². The molecule has 3 N–H and O–H groups in total. The van der Waals surface area contributed by atoms with Crippen LogP contribution < -0.4 is 0 Å². The molecule has 8 atom stereocenters. The second-order valence-electron chi connectivity index (χ2n) is 13.5. The molecule has 0 amide bonds. The zero-order valence-corrected chi connectivity index (χ0v) is 24.0. The summed E-state index contributed by atoms with van der Waals surface area (Å²) in [6.07, 6.45) is -0.504. The molecule has 216 valence electrons. The largest absolute Gasteiger partial charge is 0.459 e. The van der Waals surface area contributed by atoms with E-state index in [0.29, 0.717) is 19.3 Å². The number of piperazine rings is 1. The lowest BCUT2D eigenvalue weighted by Crippen LogP contribution is -2.86. The number of likely N-dealkylation sites (N-methyl/N-ethyl adjacent to an activating group) is 1. The van der Waals surface area contributed by atoms with Crippen molar-refractivity contribution in [3.05, 3.63) is 12.7 Å². The van der Waals surface area contributed by atoms with E-state index in [9.17, 15) is 24.9 Å². The van der Waals surface area contributed by atoms with Gasteiger partial charge in [0.25, 0.3) is 0 Å². The number of esters is 1. The van der Waals surface area contributed by atoms with Crippen LogP contribution in [0.4, 0.5) is 0 Å². The molecule has 0 aromatic carbocycles. The highest BCUT2D eigenvalue weighted by Gasteiger charge is 2.81. The first-order chi connectivity index (χ1) is 17.6. The highest BCUT2D eigenvalue weighted by molar-refractivity contribution is 5.92. The van der Waals surface area contributed by atoms with Crippen LogP contribution in [-0.2, 0) is 19.1 Å². The number of hydrogen-bond acceptors (Lipinski definition) is 9. The minimum atomic E-state index is -2.20. The fourth-order valence-corrected chi connectivity index (χ4v) is 8.13. The van der Waals surface area contributed by atoms with Gasteiger partial charge in [-0.25, -0.2) is 0 Å². The zero-order chi connectivity index (χ0) is 28.3. The van der Waals surface area contributed by atoms with E-state index >= 15 is 0 Å². The lowest BCUT2D eigenvalue weighted by Gasteiger charge is -2.71. The van der Waals surface area contributed by atoms with E-state index in [0.717, 1.165) is 32.7 Å². The molecule has 9 nitrogen and oxygen atoms in total. The smallest absolute Gasteiger partial charge is 0.306 e. The zero-order valence-electron chi connectivity index (χ0n) is 24.0. The second-order valence-corrected chi connectivity index (χ2v) is 13.5. The first-order valence-corrected chi connectivity index (χ1v) is 14.1. The molecular weight excluding hydrogens is 488 g/mol. The Morgan fingerprint density at radius 2 is 1.79 bits per heavy atom. The van der Waals surface area contributed by atoms with Crippen molar-refractivity contribution in [3.63, 3.8) is 0 Å². The highest BCUT2D eigenvalue weighted by Crippen LogP contribution is 2.67. The summed E-state index contributed by atoms with van der Waals surface area (Å²) in [4.78, 5) is 31.6. The molecule has 0 aromatic heterocycles. The number of nitrogens with zero attached hydrogens (tertiary/aromatic N) is 2. The third-order valence-corrected chi connectivity index (χ3v) is 10.5. The van der Waals surface area contributed by atoms with Gasteiger partial charge in [0.2, 0.25) is 0 Å². The van der Waals surface area contributed by atoms with Gasteiger partial charge < -0.3 is 34.6 Å². The Morgan fingerprint density at radius 3 is 2.39 bits per heavy atom. The number of Topliss-reactive ketones (excluding diaryl/α,β-unsaturated/α-hetero) is 1. The summed E-state index contributed by atoms with van der Waals surface area (Å²) in [6, 6.07) is 0. The van der Waals surface area contributed by atoms with E-state index in [1.54, 1.807) is 13.8 Å². The Morgan fingerprint density at radius 1 is 1.16 bits per heavy atom. The molecule has 2 heterocycles. The SMILES string of the molecule is C=C[C@@]1(C)CC(=O)[C@@]2(O)[C@]3(C)[C@H](O)CCC(C)(C)[C@H]3[C@@H](OC(=O)CCCN3CCN(C)CC3)[C@@H](O)[C@]2(C)O1. The van der Waals surface area contributed by atoms with Gasteiger partial charge in [-0.1, -0.05) is 26.8 Å². The third-order valence-electron chi connectivity index (χ3n) is 10.5. The average molecular weight is 537 g/mol. The summed E-state index contributed by atoms with van der Waals surface area (Å²) < 4.78 is 12.4. The monoisotopic (exact) mass is 536 g/mol. The Kier molecular flexibility index (Phi) is 7.74. The van der Waals surface area contributed by atoms with E-state index in [-0.39, 0.29) is 12.8 Å². The number of carbonyl (C=O) groups is 2. The molecule has 0 radical (unpaired) electrons. The van der Waals surface area contributed by atoms with Gasteiger partial charge in [-0.15, -0.1) is 6.58 Å². The number of aliphatic hydroxyl groups is 3. The summed E-state index contributed by atoms with van der Waals surface area (Å²) in [5.41, 5.74) is -7.14. The first-order valence-electron chi connectivity index (χ1n) is 14.1. The van der Waals surface area contributed by atoms with Crippen LogP contribution in [0, 0.1) is 16.7 Å². The van der Waals surface area contributed by atoms with Crippen LogP contribution in [0.25, 0.3) is 0 Å². The van der Waals surface area contributed by atoms with Crippen LogP contribution in [-0.4, -0.2) is 112 Å². The van der Waals surface area contributed by atoms with E-state index < -0.39 is 63.6 Å². The summed E-state index contributed by atoms with van der Waals surface area (Å²) in [6.45, 7) is 17.4. The van der Waals surface area contributed by atoms with E-state index in [1.165, 1.54) is 13.0 Å². The van der Waals surface area contributed by atoms with Crippen LogP contribution in [0.1, 0.15) is 66.7 Å². The molecule has 2 saturated heterocycles. The average Bonchev–Trinajstić information content (AvgIpc) is 2.84. The predicted molar refractivity (Wildman–Crippen MR) is 142 cm³/mol. The molecule has 0 unspecified atom stereocenters. The fourth-order valence-electron chi connectivity index (χ4n) is 8.13. The van der Waals surface area contributed by atoms with Gasteiger partial charge >= 0.3 is 5.97 Å². The van der Waals surface area contributed by atoms with Gasteiger partial charge in [0.1, 0.15) is 17.8 Å². The number of ether oxygens (including phenoxy) is 2. The Balaban J connectivity index is 1.64. The summed E-state index contributed by atoms with van der Waals surface area (Å²) in [5, 5.41) is 35.7. The lowest BCUT2D eigenvalue weighted by molar-refractivity contribution is -0.370. The lowest BCUT2D eigenvalue weighted by atomic mass is 9.40. The number of fused-ring (bicyclic) bond motifs is 3. The minimum Gasteiger partial charge on any atom is -0.459 e. The van der Waals surface area contributed by atoms with E-state index in [2.05, 4.69) is 23.4 Å². The van der Waals surface area contributed by atoms with Crippen molar-refractivity contribution in [3.8, 4) is 0 Å². The third kappa shape index (κ3) is 4.38. The molecule has 2 aliphatic carbocycles. The van der Waals surface area contributed by atoms with Crippen LogP contribution in [0.5, 0.6) is 0 Å². The molecule has 9 heteroatoms. The molecule has 2 aliphatic heterocycles. The topological polar surface area (TPSA) is 120 Å². The maximum atomic E-state index is 13.8. The summed E-state index contributed by atoms with van der Waals surface area (Å²) in [5.74, 6) is -1.63. The number of carbonyl (C=O) groups excluding carboxylic acids is 2. The molecule has 4 aliphatic rings. The van der Waals surface area contributed by atoms with Crippen LogP contribution in [0.15, 0.2) is 12.7 Å². The molecule has 0 aromatic rings. The van der Waals surface area contributed by atoms with Crippen molar-refractivity contribution in [1.82, 2.24) is 9.80 Å². The predicted octanol–water partition coefficient (Wildman–Crippen LogP) is 1.53. The number of aliphatic hydroxyl groups excluding tert-OH is 2. The molecule has 38 heavy (non-hydrogen) atoms. The molecule has 2 saturated carbocycles. The van der Waals surface area contributed by atoms with Crippen molar-refractivity contribution in [2.45, 2.75) is 102 Å². The maximum Gasteiger partial charge on any atom is 0.306 e. The molecule has 0 spiro atoms. The first kappa shape index (κ1) is 29.6. The van der Waals surface area contributed by atoms with Gasteiger partial charge in [0.05, 0.1) is 11.7 Å². The molecule has 0 bridgehead atoms. The van der Waals surface area contributed by atoms with Crippen molar-refractivity contribution in [1.29, 1.82) is 0 Å². The van der Waals surface area contributed by atoms with Crippen molar-refractivity contribution in [2.75, 3.05) is 39.8 Å². The second kappa shape index (κ2) is 9.93. The van der Waals surface area contributed by atoms with Gasteiger partial charge in [0, 0.05) is 50.4 Å². The molecular formula is C29H48N2O7. The number of ketones is 1. The fraction of sp³-hybridized carbons (Fsp3) is 0.862. The molecule has 4 rings (SSSR count).